The number of aromatic nitrogens is 2. The molecule has 1 aliphatic heterocycles. The number of benzene rings is 1. The van der Waals surface area contributed by atoms with Crippen molar-refractivity contribution < 1.29 is 14.0 Å². The molecule has 1 aliphatic rings. The van der Waals surface area contributed by atoms with Gasteiger partial charge in [-0.05, 0) is 37.0 Å². The van der Waals surface area contributed by atoms with Crippen LogP contribution in [0.2, 0.25) is 0 Å². The number of nitrogens with zero attached hydrogens (tertiary/aromatic N) is 3. The summed E-state index contributed by atoms with van der Waals surface area (Å²) in [7, 11) is 0. The van der Waals surface area contributed by atoms with E-state index in [1.807, 2.05) is 0 Å². The van der Waals surface area contributed by atoms with Crippen LogP contribution < -0.4 is 15.5 Å². The number of hydrogen-bond acceptors (Lipinski definition) is 5. The van der Waals surface area contributed by atoms with E-state index in [0.717, 1.165) is 37.8 Å². The van der Waals surface area contributed by atoms with Crippen molar-refractivity contribution in [2.45, 2.75) is 12.8 Å². The third kappa shape index (κ3) is 4.75. The van der Waals surface area contributed by atoms with Crippen molar-refractivity contribution >= 4 is 23.3 Å². The molecule has 0 unspecified atom stereocenters. The molecule has 0 spiro atoms. The van der Waals surface area contributed by atoms with Gasteiger partial charge >= 0.3 is 11.8 Å². The van der Waals surface area contributed by atoms with Gasteiger partial charge in [-0.15, -0.1) is 0 Å². The van der Waals surface area contributed by atoms with Crippen molar-refractivity contribution in [3.8, 4) is 0 Å². The summed E-state index contributed by atoms with van der Waals surface area (Å²) in [6.45, 7) is 2.09. The van der Waals surface area contributed by atoms with Gasteiger partial charge in [-0.25, -0.2) is 9.37 Å². The van der Waals surface area contributed by atoms with Crippen molar-refractivity contribution in [1.29, 1.82) is 0 Å². The average molecular weight is 357 g/mol. The summed E-state index contributed by atoms with van der Waals surface area (Å²) >= 11 is 0. The first-order valence-electron chi connectivity index (χ1n) is 8.47. The Morgan fingerprint density at radius 3 is 2.69 bits per heavy atom. The molecule has 0 bridgehead atoms. The third-order valence-electron chi connectivity index (χ3n) is 4.33. The highest BCUT2D eigenvalue weighted by atomic mass is 19.1. The Labute approximate surface area is 150 Å². The maximum absolute atomic E-state index is 13.1. The van der Waals surface area contributed by atoms with Gasteiger partial charge in [0, 0.05) is 37.7 Å². The number of anilines is 2. The Morgan fingerprint density at radius 2 is 2.00 bits per heavy atom. The van der Waals surface area contributed by atoms with Gasteiger partial charge in [0.1, 0.15) is 11.6 Å². The number of carbonyl (C=O) groups is 2. The lowest BCUT2D eigenvalue weighted by Gasteiger charge is -2.32. The van der Waals surface area contributed by atoms with E-state index < -0.39 is 17.6 Å². The molecule has 1 saturated heterocycles. The van der Waals surface area contributed by atoms with Gasteiger partial charge < -0.3 is 15.5 Å². The van der Waals surface area contributed by atoms with E-state index in [4.69, 9.17) is 0 Å². The van der Waals surface area contributed by atoms with Crippen LogP contribution in [0.25, 0.3) is 0 Å². The SMILES string of the molecule is O=C(NCC1CCN(c2cnccn2)CC1)C(=O)Nc1cccc(F)c1. The first-order valence-corrected chi connectivity index (χ1v) is 8.47. The van der Waals surface area contributed by atoms with E-state index in [1.54, 1.807) is 18.6 Å². The molecular weight excluding hydrogens is 337 g/mol. The molecule has 0 saturated carbocycles. The van der Waals surface area contributed by atoms with Crippen molar-refractivity contribution in [2.24, 2.45) is 5.92 Å². The molecule has 0 radical (unpaired) electrons. The van der Waals surface area contributed by atoms with Crippen LogP contribution in [0, 0.1) is 11.7 Å². The fourth-order valence-corrected chi connectivity index (χ4v) is 2.89. The number of hydrogen-bond donors (Lipinski definition) is 2. The second-order valence-electron chi connectivity index (χ2n) is 6.17. The Morgan fingerprint density at radius 1 is 1.19 bits per heavy atom. The maximum atomic E-state index is 13.1. The molecule has 1 aromatic carbocycles. The lowest BCUT2D eigenvalue weighted by atomic mass is 9.97. The summed E-state index contributed by atoms with van der Waals surface area (Å²) in [5.74, 6) is -0.838. The molecule has 2 aromatic rings. The Kier molecular flexibility index (Phi) is 5.73. The van der Waals surface area contributed by atoms with Gasteiger partial charge in [0.2, 0.25) is 0 Å². The van der Waals surface area contributed by atoms with E-state index in [1.165, 1.54) is 18.2 Å². The van der Waals surface area contributed by atoms with Crippen LogP contribution in [-0.2, 0) is 9.59 Å². The Hall–Kier alpha value is -3.03. The second-order valence-corrected chi connectivity index (χ2v) is 6.17. The quantitative estimate of drug-likeness (QED) is 0.812. The Bertz CT molecular complexity index is 763. The van der Waals surface area contributed by atoms with E-state index in [2.05, 4.69) is 25.5 Å². The molecule has 0 aliphatic carbocycles. The lowest BCUT2D eigenvalue weighted by Crippen LogP contribution is -2.42. The normalized spacial score (nSPS) is 14.7. The highest BCUT2D eigenvalue weighted by Crippen LogP contribution is 2.20. The molecule has 1 fully saturated rings. The average Bonchev–Trinajstić information content (AvgIpc) is 2.67. The summed E-state index contributed by atoms with van der Waals surface area (Å²) in [6.07, 6.45) is 6.82. The first-order chi connectivity index (χ1) is 12.6. The van der Waals surface area contributed by atoms with E-state index in [9.17, 15) is 14.0 Å². The van der Waals surface area contributed by atoms with Crippen LogP contribution in [0.15, 0.2) is 42.9 Å². The second kappa shape index (κ2) is 8.37. The zero-order valence-corrected chi connectivity index (χ0v) is 14.2. The van der Waals surface area contributed by atoms with Crippen LogP contribution in [0.1, 0.15) is 12.8 Å². The largest absolute Gasteiger partial charge is 0.355 e. The Balaban J connectivity index is 1.42. The van der Waals surface area contributed by atoms with Crippen LogP contribution in [-0.4, -0.2) is 41.4 Å². The van der Waals surface area contributed by atoms with Crippen molar-refractivity contribution in [2.75, 3.05) is 29.9 Å². The van der Waals surface area contributed by atoms with Crippen LogP contribution in [0.5, 0.6) is 0 Å². The fraction of sp³-hybridized carbons (Fsp3) is 0.333. The highest BCUT2D eigenvalue weighted by Gasteiger charge is 2.22. The van der Waals surface area contributed by atoms with Crippen molar-refractivity contribution in [3.63, 3.8) is 0 Å². The van der Waals surface area contributed by atoms with Gasteiger partial charge in [-0.2, -0.15) is 0 Å². The number of nitrogens with one attached hydrogen (secondary N) is 2. The number of rotatable bonds is 4. The van der Waals surface area contributed by atoms with E-state index >= 15 is 0 Å². The highest BCUT2D eigenvalue weighted by molar-refractivity contribution is 6.39. The van der Waals surface area contributed by atoms with Gasteiger partial charge in [-0.3, -0.25) is 14.6 Å². The molecule has 3 rings (SSSR count). The standard InChI is InChI=1S/C18H20FN5O2/c19-14-2-1-3-15(10-14)23-18(26)17(25)22-11-13-4-8-24(9-5-13)16-12-20-6-7-21-16/h1-3,6-7,10,12-13H,4-5,8-9,11H2,(H,22,25)(H,23,26). The minimum absolute atomic E-state index is 0.252. The predicted octanol–water partition coefficient (Wildman–Crippen LogP) is 1.59. The third-order valence-corrected chi connectivity index (χ3v) is 4.33. The van der Waals surface area contributed by atoms with E-state index in [0.29, 0.717) is 12.5 Å². The summed E-state index contributed by atoms with van der Waals surface area (Å²) < 4.78 is 13.1. The molecule has 8 heteroatoms. The van der Waals surface area contributed by atoms with Crippen LogP contribution in [0.4, 0.5) is 15.9 Å². The zero-order valence-electron chi connectivity index (χ0n) is 14.2. The van der Waals surface area contributed by atoms with E-state index in [-0.39, 0.29) is 5.69 Å². The fourth-order valence-electron chi connectivity index (χ4n) is 2.89. The topological polar surface area (TPSA) is 87.2 Å². The zero-order chi connectivity index (χ0) is 18.4. The van der Waals surface area contributed by atoms with Crippen LogP contribution >= 0.6 is 0 Å². The molecular formula is C18H20FN5O2. The molecule has 2 heterocycles. The monoisotopic (exact) mass is 357 g/mol. The number of amides is 2. The van der Waals surface area contributed by atoms with Crippen molar-refractivity contribution in [3.05, 3.63) is 48.7 Å². The molecule has 7 nitrogen and oxygen atoms in total. The molecule has 0 atom stereocenters. The van der Waals surface area contributed by atoms with Crippen LogP contribution in [0.3, 0.4) is 0 Å². The predicted molar refractivity (Wildman–Crippen MR) is 95.0 cm³/mol. The summed E-state index contributed by atoms with van der Waals surface area (Å²) in [6, 6.07) is 5.42. The maximum Gasteiger partial charge on any atom is 0.313 e. The lowest BCUT2D eigenvalue weighted by molar-refractivity contribution is -0.136. The summed E-state index contributed by atoms with van der Waals surface area (Å²) in [4.78, 5) is 34.3. The smallest absolute Gasteiger partial charge is 0.313 e. The molecule has 2 N–H and O–H groups in total. The number of piperidine rings is 1. The van der Waals surface area contributed by atoms with Gasteiger partial charge in [0.25, 0.3) is 0 Å². The summed E-state index contributed by atoms with van der Waals surface area (Å²) in [5, 5.41) is 5.03. The number of carbonyl (C=O) groups excluding carboxylic acids is 2. The molecule has 136 valence electrons. The first kappa shape index (κ1) is 17.8. The van der Waals surface area contributed by atoms with Gasteiger partial charge in [0.15, 0.2) is 0 Å². The minimum Gasteiger partial charge on any atom is -0.355 e. The van der Waals surface area contributed by atoms with Gasteiger partial charge in [0.05, 0.1) is 6.20 Å². The minimum atomic E-state index is -0.799. The van der Waals surface area contributed by atoms with Gasteiger partial charge in [-0.1, -0.05) is 6.07 Å². The molecule has 26 heavy (non-hydrogen) atoms. The molecule has 1 aromatic heterocycles. The van der Waals surface area contributed by atoms with Crippen molar-refractivity contribution in [1.82, 2.24) is 15.3 Å². The number of halogens is 1. The summed E-state index contributed by atoms with van der Waals surface area (Å²) in [5.41, 5.74) is 0.252. The molecule has 2 amide bonds.